The number of anilines is 2. The Kier molecular flexibility index (Phi) is 6.67. The summed E-state index contributed by atoms with van der Waals surface area (Å²) in [5.74, 6) is 1.99. The number of nitrogen functional groups attached to an aromatic ring is 1. The van der Waals surface area contributed by atoms with Crippen molar-refractivity contribution in [2.24, 2.45) is 0 Å². The van der Waals surface area contributed by atoms with Gasteiger partial charge in [-0.05, 0) is 34.9 Å². The summed E-state index contributed by atoms with van der Waals surface area (Å²) in [4.78, 5) is 13.2. The van der Waals surface area contributed by atoms with E-state index in [0.29, 0.717) is 30.9 Å². The van der Waals surface area contributed by atoms with Crippen molar-refractivity contribution in [1.82, 2.24) is 14.9 Å². The van der Waals surface area contributed by atoms with Gasteiger partial charge in [0.25, 0.3) is 0 Å². The van der Waals surface area contributed by atoms with Gasteiger partial charge in [-0.1, -0.05) is 0 Å². The number of ether oxygens (including phenoxy) is 1. The molecule has 1 rings (SSSR count). The van der Waals surface area contributed by atoms with Crippen LogP contribution in [0.2, 0.25) is 0 Å². The Morgan fingerprint density at radius 1 is 1.30 bits per heavy atom. The predicted molar refractivity (Wildman–Crippen MR) is 82.8 cm³/mol. The first-order valence-corrected chi connectivity index (χ1v) is 7.10. The van der Waals surface area contributed by atoms with Gasteiger partial charge in [-0.25, -0.2) is 9.97 Å². The largest absolute Gasteiger partial charge is 0.384 e. The van der Waals surface area contributed by atoms with E-state index in [2.05, 4.69) is 47.7 Å². The highest BCUT2D eigenvalue weighted by Crippen LogP contribution is 2.17. The molecule has 6 heteroatoms. The minimum atomic E-state index is 0.351. The molecule has 0 aliphatic heterocycles. The van der Waals surface area contributed by atoms with Crippen LogP contribution >= 0.6 is 0 Å². The number of rotatable bonds is 8. The van der Waals surface area contributed by atoms with Crippen LogP contribution in [0.5, 0.6) is 0 Å². The topological polar surface area (TPSA) is 67.5 Å². The Morgan fingerprint density at radius 2 is 2.00 bits per heavy atom. The number of aromatic nitrogens is 2. The van der Waals surface area contributed by atoms with Gasteiger partial charge in [0.05, 0.1) is 0 Å². The first-order chi connectivity index (χ1) is 9.47. The van der Waals surface area contributed by atoms with E-state index in [0.717, 1.165) is 18.9 Å². The summed E-state index contributed by atoms with van der Waals surface area (Å²) in [6, 6.07) is 2.18. The van der Waals surface area contributed by atoms with Crippen molar-refractivity contribution in [3.8, 4) is 0 Å². The van der Waals surface area contributed by atoms with E-state index in [9.17, 15) is 0 Å². The lowest BCUT2D eigenvalue weighted by Gasteiger charge is -2.31. The molecule has 0 bridgehead atoms. The van der Waals surface area contributed by atoms with Crippen LogP contribution < -0.4 is 10.6 Å². The summed E-state index contributed by atoms with van der Waals surface area (Å²) in [6.45, 7) is 9.12. The second-order valence-corrected chi connectivity index (χ2v) is 5.10. The zero-order valence-corrected chi connectivity index (χ0v) is 13.3. The van der Waals surface area contributed by atoms with Crippen molar-refractivity contribution in [2.45, 2.75) is 33.4 Å². The van der Waals surface area contributed by atoms with Crippen LogP contribution in [0.1, 0.15) is 26.6 Å². The molecule has 20 heavy (non-hydrogen) atoms. The molecule has 0 aliphatic carbocycles. The fourth-order valence-electron chi connectivity index (χ4n) is 2.23. The molecule has 1 unspecified atom stereocenters. The van der Waals surface area contributed by atoms with Crippen molar-refractivity contribution >= 4 is 11.6 Å². The summed E-state index contributed by atoms with van der Waals surface area (Å²) >= 11 is 0. The second kappa shape index (κ2) is 8.01. The lowest BCUT2D eigenvalue weighted by atomic mass is 10.2. The molecule has 6 nitrogen and oxygen atoms in total. The summed E-state index contributed by atoms with van der Waals surface area (Å²) < 4.78 is 5.36. The molecule has 1 aromatic heterocycles. The highest BCUT2D eigenvalue weighted by molar-refractivity contribution is 5.47. The molecular formula is C14H27N5O. The number of nitrogens with zero attached hydrogens (tertiary/aromatic N) is 4. The van der Waals surface area contributed by atoms with Crippen molar-refractivity contribution in [3.63, 3.8) is 0 Å². The Bertz CT molecular complexity index is 411. The average Bonchev–Trinajstić information content (AvgIpc) is 2.35. The molecule has 0 fully saturated rings. The van der Waals surface area contributed by atoms with Gasteiger partial charge in [0.15, 0.2) is 5.82 Å². The summed E-state index contributed by atoms with van der Waals surface area (Å²) in [7, 11) is 4.14. The molecule has 1 aromatic rings. The SMILES string of the molecule is CCOCc1nc(N)cc(N(CC)C(C)CN(C)C)n1. The summed E-state index contributed by atoms with van der Waals surface area (Å²) in [6.07, 6.45) is 0. The molecule has 0 radical (unpaired) electrons. The Morgan fingerprint density at radius 3 is 2.55 bits per heavy atom. The molecule has 2 N–H and O–H groups in total. The van der Waals surface area contributed by atoms with Gasteiger partial charge in [0, 0.05) is 31.8 Å². The van der Waals surface area contributed by atoms with E-state index in [-0.39, 0.29) is 0 Å². The Hall–Kier alpha value is -1.40. The van der Waals surface area contributed by atoms with Gasteiger partial charge in [-0.15, -0.1) is 0 Å². The average molecular weight is 281 g/mol. The van der Waals surface area contributed by atoms with Crippen LogP contribution in [0, 0.1) is 0 Å². The first-order valence-electron chi connectivity index (χ1n) is 7.10. The zero-order valence-electron chi connectivity index (χ0n) is 13.3. The van der Waals surface area contributed by atoms with Crippen molar-refractivity contribution in [3.05, 3.63) is 11.9 Å². The lowest BCUT2D eigenvalue weighted by Crippen LogP contribution is -2.40. The maximum Gasteiger partial charge on any atom is 0.158 e. The van der Waals surface area contributed by atoms with E-state index in [1.165, 1.54) is 0 Å². The quantitative estimate of drug-likeness (QED) is 0.776. The molecule has 0 saturated carbocycles. The maximum atomic E-state index is 5.88. The molecule has 0 amide bonds. The predicted octanol–water partition coefficient (Wildman–Crippen LogP) is 1.37. The fourth-order valence-corrected chi connectivity index (χ4v) is 2.23. The zero-order chi connectivity index (χ0) is 15.1. The van der Waals surface area contributed by atoms with Gasteiger partial charge < -0.3 is 20.3 Å². The summed E-state index contributed by atoms with van der Waals surface area (Å²) in [5, 5.41) is 0. The second-order valence-electron chi connectivity index (χ2n) is 5.10. The lowest BCUT2D eigenvalue weighted by molar-refractivity contribution is 0.128. The molecule has 114 valence electrons. The van der Waals surface area contributed by atoms with Crippen molar-refractivity contribution in [2.75, 3.05) is 44.4 Å². The van der Waals surface area contributed by atoms with Gasteiger partial charge in [0.2, 0.25) is 0 Å². The van der Waals surface area contributed by atoms with Crippen LogP contribution in [0.3, 0.4) is 0 Å². The van der Waals surface area contributed by atoms with Gasteiger partial charge in [0.1, 0.15) is 18.2 Å². The molecule has 0 aliphatic rings. The van der Waals surface area contributed by atoms with E-state index >= 15 is 0 Å². The van der Waals surface area contributed by atoms with Crippen LogP contribution in [0.4, 0.5) is 11.6 Å². The monoisotopic (exact) mass is 281 g/mol. The number of likely N-dealkylation sites (N-methyl/N-ethyl adjacent to an activating group) is 2. The molecule has 0 saturated heterocycles. The highest BCUT2D eigenvalue weighted by Gasteiger charge is 2.16. The molecule has 0 spiro atoms. The fraction of sp³-hybridized carbons (Fsp3) is 0.714. The normalized spacial score (nSPS) is 12.7. The van der Waals surface area contributed by atoms with Gasteiger partial charge >= 0.3 is 0 Å². The maximum absolute atomic E-state index is 5.88. The van der Waals surface area contributed by atoms with Gasteiger partial charge in [-0.2, -0.15) is 0 Å². The number of nitrogens with two attached hydrogens (primary N) is 1. The molecule has 0 aromatic carbocycles. The highest BCUT2D eigenvalue weighted by atomic mass is 16.5. The smallest absolute Gasteiger partial charge is 0.158 e. The number of hydrogen-bond donors (Lipinski definition) is 1. The van der Waals surface area contributed by atoms with E-state index in [1.807, 2.05) is 13.0 Å². The molecule has 1 heterocycles. The third-order valence-electron chi connectivity index (χ3n) is 3.01. The van der Waals surface area contributed by atoms with E-state index < -0.39 is 0 Å². The minimum absolute atomic E-state index is 0.351. The first kappa shape index (κ1) is 16.7. The standard InChI is InChI=1S/C14H27N5O/c1-6-19(11(3)9-18(4)5)14-8-12(15)16-13(17-14)10-20-7-2/h8,11H,6-7,9-10H2,1-5H3,(H2,15,16,17). The Balaban J connectivity index is 2.93. The Labute approximate surface area is 121 Å². The van der Waals surface area contributed by atoms with Crippen molar-refractivity contribution < 1.29 is 4.74 Å². The van der Waals surface area contributed by atoms with E-state index in [1.54, 1.807) is 0 Å². The van der Waals surface area contributed by atoms with E-state index in [4.69, 9.17) is 10.5 Å². The van der Waals surface area contributed by atoms with Crippen LogP contribution in [0.15, 0.2) is 6.07 Å². The third-order valence-corrected chi connectivity index (χ3v) is 3.01. The summed E-state index contributed by atoms with van der Waals surface area (Å²) in [5.41, 5.74) is 5.88. The van der Waals surface area contributed by atoms with Crippen molar-refractivity contribution in [1.29, 1.82) is 0 Å². The van der Waals surface area contributed by atoms with Crippen LogP contribution in [-0.2, 0) is 11.3 Å². The molecular weight excluding hydrogens is 254 g/mol. The molecule has 1 atom stereocenters. The minimum Gasteiger partial charge on any atom is -0.384 e. The number of hydrogen-bond acceptors (Lipinski definition) is 6. The van der Waals surface area contributed by atoms with Crippen LogP contribution in [-0.4, -0.2) is 54.7 Å². The van der Waals surface area contributed by atoms with Gasteiger partial charge in [-0.3, -0.25) is 0 Å². The van der Waals surface area contributed by atoms with Crippen LogP contribution in [0.25, 0.3) is 0 Å². The third kappa shape index (κ3) is 4.94.